The van der Waals surface area contributed by atoms with Gasteiger partial charge in [-0.2, -0.15) is 0 Å². The zero-order valence-electron chi connectivity index (χ0n) is 15.1. The van der Waals surface area contributed by atoms with Crippen LogP contribution >= 0.6 is 0 Å². The van der Waals surface area contributed by atoms with Crippen LogP contribution in [0.5, 0.6) is 0 Å². The molecule has 0 aliphatic carbocycles. The average Bonchev–Trinajstić information content (AvgIpc) is 3.04. The van der Waals surface area contributed by atoms with Crippen LogP contribution < -0.4 is 9.80 Å². The second-order valence-corrected chi connectivity index (χ2v) is 7.40. The molecular weight excluding hydrogens is 300 g/mol. The summed E-state index contributed by atoms with van der Waals surface area (Å²) >= 11 is 0. The molecule has 0 unspecified atom stereocenters. The quantitative estimate of drug-likeness (QED) is 0.731. The van der Waals surface area contributed by atoms with Gasteiger partial charge in [-0.15, -0.1) is 5.10 Å². The molecule has 1 saturated heterocycles. The zero-order chi connectivity index (χ0) is 16.9. The van der Waals surface area contributed by atoms with Crippen LogP contribution in [-0.2, 0) is 6.54 Å². The third-order valence-electron chi connectivity index (χ3n) is 5.02. The molecule has 1 aromatic carbocycles. The fourth-order valence-electron chi connectivity index (χ4n) is 3.46. The van der Waals surface area contributed by atoms with Gasteiger partial charge in [0.15, 0.2) is 6.04 Å². The van der Waals surface area contributed by atoms with Crippen molar-refractivity contribution in [2.45, 2.75) is 32.9 Å². The summed E-state index contributed by atoms with van der Waals surface area (Å²) in [6.07, 6.45) is 1.10. The average molecular weight is 330 g/mol. The molecule has 130 valence electrons. The summed E-state index contributed by atoms with van der Waals surface area (Å²) in [5, 5.41) is 12.7. The first-order chi connectivity index (χ1) is 11.6. The molecule has 6 nitrogen and oxygen atoms in total. The van der Waals surface area contributed by atoms with E-state index in [0.717, 1.165) is 31.9 Å². The lowest BCUT2D eigenvalue weighted by molar-refractivity contribution is -1.02. The number of nitrogens with zero attached hydrogens (tertiary/aromatic N) is 4. The number of quaternary nitrogens is 2. The van der Waals surface area contributed by atoms with E-state index in [1.807, 2.05) is 4.68 Å². The van der Waals surface area contributed by atoms with Crippen LogP contribution in [0.1, 0.15) is 37.7 Å². The number of aryl methyl sites for hydroxylation is 1. The van der Waals surface area contributed by atoms with Crippen LogP contribution in [0.3, 0.4) is 0 Å². The van der Waals surface area contributed by atoms with E-state index in [2.05, 4.69) is 66.8 Å². The Labute approximate surface area is 144 Å². The molecule has 1 fully saturated rings. The lowest BCUT2D eigenvalue weighted by Gasteiger charge is -2.32. The summed E-state index contributed by atoms with van der Waals surface area (Å²) in [6.45, 7) is 10.1. The summed E-state index contributed by atoms with van der Waals surface area (Å²) in [5.74, 6) is 1.66. The van der Waals surface area contributed by atoms with Gasteiger partial charge >= 0.3 is 0 Å². The van der Waals surface area contributed by atoms with Crippen molar-refractivity contribution < 1.29 is 9.80 Å². The van der Waals surface area contributed by atoms with Gasteiger partial charge in [0.1, 0.15) is 26.2 Å². The van der Waals surface area contributed by atoms with Crippen molar-refractivity contribution in [1.82, 2.24) is 20.2 Å². The van der Waals surface area contributed by atoms with Gasteiger partial charge in [0.25, 0.3) is 0 Å². The molecule has 1 aliphatic heterocycles. The standard InChI is InChI=1S/C18H28N6/c1-15(2)9-10-24-18(19-20-21-24)17(16-7-5-4-6-8-16)23-13-11-22(3)12-14-23/h4-8,15,17H,9-14H2,1-3H3/p+2/t17-/m0/s1. The number of rotatable bonds is 6. The fraction of sp³-hybridized carbons (Fsp3) is 0.611. The Balaban J connectivity index is 1.89. The van der Waals surface area contributed by atoms with E-state index >= 15 is 0 Å². The van der Waals surface area contributed by atoms with E-state index in [0.29, 0.717) is 5.92 Å². The molecule has 2 N–H and O–H groups in total. The third kappa shape index (κ3) is 3.99. The van der Waals surface area contributed by atoms with Crippen LogP contribution in [0.4, 0.5) is 0 Å². The van der Waals surface area contributed by atoms with Crippen LogP contribution in [0.15, 0.2) is 30.3 Å². The molecule has 1 atom stereocenters. The first-order valence-electron chi connectivity index (χ1n) is 9.12. The van der Waals surface area contributed by atoms with E-state index in [-0.39, 0.29) is 6.04 Å². The lowest BCUT2D eigenvalue weighted by Crippen LogP contribution is -3.27. The Bertz CT molecular complexity index is 615. The van der Waals surface area contributed by atoms with Crippen molar-refractivity contribution in [1.29, 1.82) is 0 Å². The molecule has 0 spiro atoms. The summed E-state index contributed by atoms with van der Waals surface area (Å²) in [5.41, 5.74) is 1.31. The minimum Gasteiger partial charge on any atom is -0.328 e. The van der Waals surface area contributed by atoms with Gasteiger partial charge in [-0.1, -0.05) is 44.2 Å². The van der Waals surface area contributed by atoms with Gasteiger partial charge in [0.2, 0.25) is 5.82 Å². The van der Waals surface area contributed by atoms with Crippen LogP contribution in [0.25, 0.3) is 0 Å². The molecule has 1 aromatic heterocycles. The normalized spacial score (nSPS) is 22.7. The molecule has 0 radical (unpaired) electrons. The lowest BCUT2D eigenvalue weighted by atomic mass is 10.0. The highest BCUT2D eigenvalue weighted by Crippen LogP contribution is 2.17. The predicted octanol–water partition coefficient (Wildman–Crippen LogP) is -0.778. The summed E-state index contributed by atoms with van der Waals surface area (Å²) in [4.78, 5) is 3.19. The van der Waals surface area contributed by atoms with Gasteiger partial charge in [-0.05, 0) is 22.8 Å². The number of aromatic nitrogens is 4. The van der Waals surface area contributed by atoms with Crippen molar-refractivity contribution in [3.05, 3.63) is 41.7 Å². The molecule has 2 heterocycles. The number of benzene rings is 1. The minimum atomic E-state index is 0.224. The number of hydrogen-bond donors (Lipinski definition) is 2. The Kier molecular flexibility index (Phi) is 5.58. The zero-order valence-corrected chi connectivity index (χ0v) is 15.1. The highest BCUT2D eigenvalue weighted by Gasteiger charge is 2.34. The first kappa shape index (κ1) is 17.0. The number of nitrogens with one attached hydrogen (secondary N) is 2. The van der Waals surface area contributed by atoms with Crippen molar-refractivity contribution in [2.24, 2.45) is 5.92 Å². The van der Waals surface area contributed by atoms with Crippen LogP contribution in [0, 0.1) is 5.92 Å². The second-order valence-electron chi connectivity index (χ2n) is 7.40. The van der Waals surface area contributed by atoms with Gasteiger partial charge in [0, 0.05) is 12.1 Å². The smallest absolute Gasteiger partial charge is 0.214 e. The molecule has 0 saturated carbocycles. The van der Waals surface area contributed by atoms with Crippen LogP contribution in [0.2, 0.25) is 0 Å². The van der Waals surface area contributed by atoms with Gasteiger partial charge in [-0.25, -0.2) is 4.68 Å². The third-order valence-corrected chi connectivity index (χ3v) is 5.02. The van der Waals surface area contributed by atoms with E-state index in [9.17, 15) is 0 Å². The molecule has 1 aliphatic rings. The van der Waals surface area contributed by atoms with Gasteiger partial charge in [0.05, 0.1) is 7.05 Å². The Morgan fingerprint density at radius 2 is 1.79 bits per heavy atom. The summed E-state index contributed by atoms with van der Waals surface area (Å²) in [7, 11) is 2.28. The first-order valence-corrected chi connectivity index (χ1v) is 9.12. The summed E-state index contributed by atoms with van der Waals surface area (Å²) < 4.78 is 2.02. The molecular formula is C18H30N6+2. The van der Waals surface area contributed by atoms with E-state index in [1.165, 1.54) is 18.7 Å². The monoisotopic (exact) mass is 330 g/mol. The van der Waals surface area contributed by atoms with Crippen LogP contribution in [-0.4, -0.2) is 53.4 Å². The number of hydrogen-bond acceptors (Lipinski definition) is 3. The van der Waals surface area contributed by atoms with Crippen molar-refractivity contribution in [2.75, 3.05) is 33.2 Å². The highest BCUT2D eigenvalue weighted by molar-refractivity contribution is 5.22. The number of likely N-dealkylation sites (N-methyl/N-ethyl adjacent to an activating group) is 1. The Morgan fingerprint density at radius 3 is 2.46 bits per heavy atom. The molecule has 2 aromatic rings. The molecule has 0 amide bonds. The van der Waals surface area contributed by atoms with Crippen molar-refractivity contribution in [3.8, 4) is 0 Å². The number of piperazine rings is 1. The second kappa shape index (κ2) is 7.85. The van der Waals surface area contributed by atoms with Crippen molar-refractivity contribution >= 4 is 0 Å². The van der Waals surface area contributed by atoms with Crippen molar-refractivity contribution in [3.63, 3.8) is 0 Å². The van der Waals surface area contributed by atoms with E-state index in [1.54, 1.807) is 9.80 Å². The SMILES string of the molecule is CC(C)CCn1nnnc1[C@H](c1ccccc1)[NH+]1CC[NH+](C)CC1. The molecule has 24 heavy (non-hydrogen) atoms. The van der Waals surface area contributed by atoms with E-state index < -0.39 is 0 Å². The number of tetrazole rings is 1. The molecule has 0 bridgehead atoms. The fourth-order valence-corrected chi connectivity index (χ4v) is 3.46. The molecule has 6 heteroatoms. The van der Waals surface area contributed by atoms with Gasteiger partial charge in [-0.3, -0.25) is 0 Å². The van der Waals surface area contributed by atoms with E-state index in [4.69, 9.17) is 0 Å². The maximum Gasteiger partial charge on any atom is 0.214 e. The topological polar surface area (TPSA) is 52.5 Å². The Morgan fingerprint density at radius 1 is 1.08 bits per heavy atom. The van der Waals surface area contributed by atoms with Gasteiger partial charge < -0.3 is 9.80 Å². The maximum absolute atomic E-state index is 4.44. The largest absolute Gasteiger partial charge is 0.328 e. The molecule has 3 rings (SSSR count). The highest BCUT2D eigenvalue weighted by atomic mass is 15.6. The minimum absolute atomic E-state index is 0.224. The Hall–Kier alpha value is -1.79. The maximum atomic E-state index is 4.44. The predicted molar refractivity (Wildman–Crippen MR) is 92.9 cm³/mol. The summed E-state index contributed by atoms with van der Waals surface area (Å²) in [6, 6.07) is 11.0.